The second-order valence-electron chi connectivity index (χ2n) is 7.73. The minimum Gasteiger partial charge on any atom is -0.369 e. The van der Waals surface area contributed by atoms with E-state index in [0.717, 1.165) is 37.3 Å². The molecule has 1 aromatic carbocycles. The molecule has 0 N–H and O–H groups in total. The van der Waals surface area contributed by atoms with Gasteiger partial charge in [-0.25, -0.2) is 8.42 Å². The SMILES string of the molecule is Cc1cccc(N2CCN(S(=O)(=O)c3ccc(C(=O)N4CCCC4)s3)CC2)c1C. The highest BCUT2D eigenvalue weighted by Crippen LogP contribution is 2.29. The molecule has 0 atom stereocenters. The molecule has 0 unspecified atom stereocenters. The van der Waals surface area contributed by atoms with Crippen molar-refractivity contribution in [1.82, 2.24) is 9.21 Å². The summed E-state index contributed by atoms with van der Waals surface area (Å²) in [7, 11) is -3.57. The molecule has 156 valence electrons. The third kappa shape index (κ3) is 3.93. The molecule has 2 aromatic rings. The lowest BCUT2D eigenvalue weighted by Crippen LogP contribution is -2.48. The van der Waals surface area contributed by atoms with E-state index in [1.54, 1.807) is 16.4 Å². The second kappa shape index (κ2) is 8.08. The maximum absolute atomic E-state index is 13.1. The molecule has 0 bridgehead atoms. The number of nitrogens with zero attached hydrogens (tertiary/aromatic N) is 3. The number of hydrogen-bond donors (Lipinski definition) is 0. The van der Waals surface area contributed by atoms with Crippen LogP contribution in [-0.2, 0) is 10.0 Å². The molecule has 0 radical (unpaired) electrons. The van der Waals surface area contributed by atoms with Gasteiger partial charge in [0.2, 0.25) is 0 Å². The summed E-state index contributed by atoms with van der Waals surface area (Å²) in [5.74, 6) is -0.0475. The monoisotopic (exact) mass is 433 g/mol. The van der Waals surface area contributed by atoms with E-state index in [2.05, 4.69) is 30.9 Å². The minimum absolute atomic E-state index is 0.0475. The number of likely N-dealkylation sites (tertiary alicyclic amines) is 1. The van der Waals surface area contributed by atoms with Gasteiger partial charge in [-0.05, 0) is 56.0 Å². The summed E-state index contributed by atoms with van der Waals surface area (Å²) < 4.78 is 28.0. The highest BCUT2D eigenvalue weighted by atomic mass is 32.2. The van der Waals surface area contributed by atoms with Gasteiger partial charge in [-0.3, -0.25) is 4.79 Å². The Morgan fingerprint density at radius 1 is 0.931 bits per heavy atom. The lowest BCUT2D eigenvalue weighted by molar-refractivity contribution is 0.0797. The zero-order chi connectivity index (χ0) is 20.6. The highest BCUT2D eigenvalue weighted by Gasteiger charge is 2.31. The molecule has 3 heterocycles. The summed E-state index contributed by atoms with van der Waals surface area (Å²) in [6.45, 7) is 7.95. The Morgan fingerprint density at radius 2 is 1.62 bits per heavy atom. The van der Waals surface area contributed by atoms with Crippen molar-refractivity contribution in [1.29, 1.82) is 0 Å². The summed E-state index contributed by atoms with van der Waals surface area (Å²) in [5, 5.41) is 0. The first-order valence-corrected chi connectivity index (χ1v) is 12.3. The maximum Gasteiger partial charge on any atom is 0.263 e. The first-order chi connectivity index (χ1) is 13.9. The molecule has 0 spiro atoms. The number of carbonyl (C=O) groups excluding carboxylic acids is 1. The van der Waals surface area contributed by atoms with Crippen LogP contribution in [-0.4, -0.2) is 62.8 Å². The molecule has 4 rings (SSSR count). The van der Waals surface area contributed by atoms with Crippen LogP contribution in [0, 0.1) is 13.8 Å². The van der Waals surface area contributed by atoms with Crippen molar-refractivity contribution in [3.8, 4) is 0 Å². The van der Waals surface area contributed by atoms with E-state index in [1.165, 1.54) is 16.8 Å². The van der Waals surface area contributed by atoms with E-state index in [4.69, 9.17) is 0 Å². The smallest absolute Gasteiger partial charge is 0.263 e. The quantitative estimate of drug-likeness (QED) is 0.743. The number of aryl methyl sites for hydroxylation is 1. The number of anilines is 1. The van der Waals surface area contributed by atoms with Gasteiger partial charge >= 0.3 is 0 Å². The molecule has 2 aliphatic heterocycles. The van der Waals surface area contributed by atoms with E-state index in [9.17, 15) is 13.2 Å². The zero-order valence-corrected chi connectivity index (χ0v) is 18.6. The molecule has 1 aromatic heterocycles. The predicted octanol–water partition coefficient (Wildman–Crippen LogP) is 3.11. The molecule has 0 saturated carbocycles. The summed E-state index contributed by atoms with van der Waals surface area (Å²) in [6, 6.07) is 9.48. The average Bonchev–Trinajstić information content (AvgIpc) is 3.42. The summed E-state index contributed by atoms with van der Waals surface area (Å²) in [5.41, 5.74) is 3.66. The molecular weight excluding hydrogens is 406 g/mol. The van der Waals surface area contributed by atoms with Crippen molar-refractivity contribution in [2.45, 2.75) is 30.9 Å². The van der Waals surface area contributed by atoms with E-state index in [-0.39, 0.29) is 10.1 Å². The lowest BCUT2D eigenvalue weighted by atomic mass is 10.1. The molecule has 2 fully saturated rings. The van der Waals surface area contributed by atoms with Crippen LogP contribution >= 0.6 is 11.3 Å². The molecule has 2 aliphatic rings. The van der Waals surface area contributed by atoms with E-state index in [0.29, 0.717) is 31.1 Å². The number of sulfonamides is 1. The van der Waals surface area contributed by atoms with Gasteiger partial charge in [-0.15, -0.1) is 11.3 Å². The minimum atomic E-state index is -3.57. The molecular formula is C21H27N3O3S2. The van der Waals surface area contributed by atoms with Gasteiger partial charge in [0.25, 0.3) is 15.9 Å². The number of carbonyl (C=O) groups is 1. The number of thiophene rings is 1. The van der Waals surface area contributed by atoms with Gasteiger partial charge in [0.05, 0.1) is 4.88 Å². The summed E-state index contributed by atoms with van der Waals surface area (Å²) >= 11 is 1.10. The Morgan fingerprint density at radius 3 is 2.31 bits per heavy atom. The third-order valence-electron chi connectivity index (χ3n) is 5.93. The average molecular weight is 434 g/mol. The van der Waals surface area contributed by atoms with Crippen LogP contribution < -0.4 is 4.90 Å². The van der Waals surface area contributed by atoms with Crippen LogP contribution in [0.3, 0.4) is 0 Å². The van der Waals surface area contributed by atoms with Crippen LogP contribution in [0.5, 0.6) is 0 Å². The fraction of sp³-hybridized carbons (Fsp3) is 0.476. The van der Waals surface area contributed by atoms with Gasteiger partial charge in [0.15, 0.2) is 0 Å². The second-order valence-corrected chi connectivity index (χ2v) is 11.0. The van der Waals surface area contributed by atoms with Crippen LogP contribution in [0.2, 0.25) is 0 Å². The Bertz CT molecular complexity index is 1000. The van der Waals surface area contributed by atoms with Gasteiger partial charge in [0, 0.05) is 45.0 Å². The predicted molar refractivity (Wildman–Crippen MR) is 116 cm³/mol. The van der Waals surface area contributed by atoms with Gasteiger partial charge < -0.3 is 9.80 Å². The van der Waals surface area contributed by atoms with Crippen LogP contribution in [0.4, 0.5) is 5.69 Å². The molecule has 29 heavy (non-hydrogen) atoms. The third-order valence-corrected chi connectivity index (χ3v) is 9.37. The fourth-order valence-electron chi connectivity index (χ4n) is 4.02. The molecule has 8 heteroatoms. The number of benzene rings is 1. The number of piperazine rings is 1. The first-order valence-electron chi connectivity index (χ1n) is 10.1. The van der Waals surface area contributed by atoms with Gasteiger partial charge in [0.1, 0.15) is 4.21 Å². The Kier molecular flexibility index (Phi) is 5.68. The number of amides is 1. The van der Waals surface area contributed by atoms with Gasteiger partial charge in [-0.2, -0.15) is 4.31 Å². The standard InChI is InChI=1S/C21H27N3O3S2/c1-16-6-5-7-18(17(16)2)22-12-14-24(15-13-22)29(26,27)20-9-8-19(28-20)21(25)23-10-3-4-11-23/h5-9H,3-4,10-15H2,1-2H3. The van der Waals surface area contributed by atoms with E-state index < -0.39 is 10.0 Å². The van der Waals surface area contributed by atoms with E-state index in [1.807, 2.05) is 11.0 Å². The Balaban J connectivity index is 1.45. The molecule has 6 nitrogen and oxygen atoms in total. The number of rotatable bonds is 4. The van der Waals surface area contributed by atoms with Crippen LogP contribution in [0.15, 0.2) is 34.5 Å². The number of hydrogen-bond acceptors (Lipinski definition) is 5. The Labute approximate surface area is 176 Å². The summed E-state index contributed by atoms with van der Waals surface area (Å²) in [6.07, 6.45) is 2.04. The fourth-order valence-corrected chi connectivity index (χ4v) is 6.88. The van der Waals surface area contributed by atoms with Crippen molar-refractivity contribution in [2.75, 3.05) is 44.2 Å². The molecule has 0 aliphatic carbocycles. The van der Waals surface area contributed by atoms with Crippen LogP contribution in [0.1, 0.15) is 33.6 Å². The molecule has 2 saturated heterocycles. The summed E-state index contributed by atoms with van der Waals surface area (Å²) in [4.78, 5) is 17.1. The normalized spacial score (nSPS) is 18.4. The maximum atomic E-state index is 13.1. The van der Waals surface area contributed by atoms with Crippen molar-refractivity contribution in [3.63, 3.8) is 0 Å². The van der Waals surface area contributed by atoms with Crippen molar-refractivity contribution in [2.24, 2.45) is 0 Å². The first kappa shape index (κ1) is 20.4. The van der Waals surface area contributed by atoms with Crippen LogP contribution in [0.25, 0.3) is 0 Å². The Hall–Kier alpha value is -1.90. The lowest BCUT2D eigenvalue weighted by Gasteiger charge is -2.36. The highest BCUT2D eigenvalue weighted by molar-refractivity contribution is 7.91. The topological polar surface area (TPSA) is 60.9 Å². The zero-order valence-electron chi connectivity index (χ0n) is 16.9. The van der Waals surface area contributed by atoms with Gasteiger partial charge in [-0.1, -0.05) is 12.1 Å². The van der Waals surface area contributed by atoms with Crippen molar-refractivity contribution in [3.05, 3.63) is 46.3 Å². The molecule has 1 amide bonds. The van der Waals surface area contributed by atoms with E-state index >= 15 is 0 Å². The largest absolute Gasteiger partial charge is 0.369 e. The van der Waals surface area contributed by atoms with Crippen molar-refractivity contribution < 1.29 is 13.2 Å². The van der Waals surface area contributed by atoms with Crippen molar-refractivity contribution >= 4 is 33.0 Å².